The molecular formula is C12H24N2O3. The SMILES string of the molecule is CCN(CC(C)C)C(=O)NC(C(=O)O)C(C)C. The predicted molar refractivity (Wildman–Crippen MR) is 66.9 cm³/mol. The lowest BCUT2D eigenvalue weighted by molar-refractivity contribution is -0.140. The molecule has 0 spiro atoms. The van der Waals surface area contributed by atoms with Crippen molar-refractivity contribution in [1.29, 1.82) is 0 Å². The number of urea groups is 1. The van der Waals surface area contributed by atoms with Crippen molar-refractivity contribution in [2.45, 2.75) is 40.7 Å². The molecule has 0 fully saturated rings. The van der Waals surface area contributed by atoms with Gasteiger partial charge in [0, 0.05) is 13.1 Å². The van der Waals surface area contributed by atoms with E-state index in [1.54, 1.807) is 18.7 Å². The number of nitrogens with one attached hydrogen (secondary N) is 1. The van der Waals surface area contributed by atoms with Gasteiger partial charge in [-0.2, -0.15) is 0 Å². The van der Waals surface area contributed by atoms with E-state index < -0.39 is 12.0 Å². The van der Waals surface area contributed by atoms with Gasteiger partial charge in [-0.15, -0.1) is 0 Å². The number of hydrogen-bond donors (Lipinski definition) is 2. The predicted octanol–water partition coefficient (Wildman–Crippen LogP) is 1.78. The fourth-order valence-corrected chi connectivity index (χ4v) is 1.53. The van der Waals surface area contributed by atoms with E-state index in [0.717, 1.165) is 0 Å². The molecule has 5 heteroatoms. The van der Waals surface area contributed by atoms with Crippen molar-refractivity contribution in [2.24, 2.45) is 11.8 Å². The Morgan fingerprint density at radius 3 is 2.06 bits per heavy atom. The third kappa shape index (κ3) is 5.56. The van der Waals surface area contributed by atoms with Crippen LogP contribution in [0.15, 0.2) is 0 Å². The number of nitrogens with zero attached hydrogens (tertiary/aromatic N) is 1. The first-order valence-corrected chi connectivity index (χ1v) is 6.07. The van der Waals surface area contributed by atoms with Crippen LogP contribution in [0, 0.1) is 11.8 Å². The minimum atomic E-state index is -0.992. The summed E-state index contributed by atoms with van der Waals surface area (Å²) in [6.07, 6.45) is 0. The molecule has 0 aromatic carbocycles. The maximum atomic E-state index is 11.9. The van der Waals surface area contributed by atoms with Gasteiger partial charge in [0.05, 0.1) is 0 Å². The molecule has 0 aromatic rings. The quantitative estimate of drug-likeness (QED) is 0.748. The lowest BCUT2D eigenvalue weighted by atomic mass is 10.1. The fraction of sp³-hybridized carbons (Fsp3) is 0.833. The molecule has 2 N–H and O–H groups in total. The molecule has 0 aromatic heterocycles. The van der Waals surface area contributed by atoms with Gasteiger partial charge in [-0.1, -0.05) is 27.7 Å². The van der Waals surface area contributed by atoms with E-state index in [9.17, 15) is 9.59 Å². The highest BCUT2D eigenvalue weighted by Crippen LogP contribution is 2.04. The normalized spacial score (nSPS) is 12.6. The van der Waals surface area contributed by atoms with Crippen molar-refractivity contribution < 1.29 is 14.7 Å². The molecule has 0 saturated carbocycles. The number of rotatable bonds is 6. The zero-order valence-electron chi connectivity index (χ0n) is 11.4. The molecule has 0 aliphatic rings. The number of carbonyl (C=O) groups is 2. The van der Waals surface area contributed by atoms with Gasteiger partial charge in [0.1, 0.15) is 6.04 Å². The van der Waals surface area contributed by atoms with Crippen LogP contribution in [0.4, 0.5) is 4.79 Å². The second-order valence-electron chi connectivity index (χ2n) is 4.94. The van der Waals surface area contributed by atoms with Gasteiger partial charge in [0.2, 0.25) is 0 Å². The highest BCUT2D eigenvalue weighted by Gasteiger charge is 2.25. The van der Waals surface area contributed by atoms with Crippen LogP contribution in [0.5, 0.6) is 0 Å². The molecule has 0 radical (unpaired) electrons. The maximum Gasteiger partial charge on any atom is 0.326 e. The van der Waals surface area contributed by atoms with E-state index >= 15 is 0 Å². The first-order valence-electron chi connectivity index (χ1n) is 6.07. The van der Waals surface area contributed by atoms with E-state index in [0.29, 0.717) is 19.0 Å². The van der Waals surface area contributed by atoms with Crippen molar-refractivity contribution in [3.05, 3.63) is 0 Å². The van der Waals surface area contributed by atoms with Gasteiger partial charge < -0.3 is 15.3 Å². The number of carbonyl (C=O) groups excluding carboxylic acids is 1. The van der Waals surface area contributed by atoms with Crippen LogP contribution in [0.25, 0.3) is 0 Å². The van der Waals surface area contributed by atoms with E-state index in [-0.39, 0.29) is 11.9 Å². The molecule has 0 aliphatic heterocycles. The summed E-state index contributed by atoms with van der Waals surface area (Å²) in [5, 5.41) is 11.6. The molecule has 0 saturated heterocycles. The molecule has 1 atom stereocenters. The maximum absolute atomic E-state index is 11.9. The van der Waals surface area contributed by atoms with Gasteiger partial charge >= 0.3 is 12.0 Å². The van der Waals surface area contributed by atoms with E-state index in [2.05, 4.69) is 5.32 Å². The smallest absolute Gasteiger partial charge is 0.326 e. The highest BCUT2D eigenvalue weighted by atomic mass is 16.4. The summed E-state index contributed by atoms with van der Waals surface area (Å²) in [5.41, 5.74) is 0. The largest absolute Gasteiger partial charge is 0.480 e. The van der Waals surface area contributed by atoms with Crippen molar-refractivity contribution in [3.8, 4) is 0 Å². The Morgan fingerprint density at radius 2 is 1.76 bits per heavy atom. The van der Waals surface area contributed by atoms with Gasteiger partial charge in [0.25, 0.3) is 0 Å². The van der Waals surface area contributed by atoms with Crippen molar-refractivity contribution >= 4 is 12.0 Å². The van der Waals surface area contributed by atoms with Gasteiger partial charge in [-0.3, -0.25) is 0 Å². The Morgan fingerprint density at radius 1 is 1.24 bits per heavy atom. The molecule has 0 bridgehead atoms. The van der Waals surface area contributed by atoms with Crippen LogP contribution in [0.1, 0.15) is 34.6 Å². The first kappa shape index (κ1) is 15.7. The lowest BCUT2D eigenvalue weighted by Crippen LogP contribution is -2.50. The van der Waals surface area contributed by atoms with Crippen LogP contribution in [0.3, 0.4) is 0 Å². The summed E-state index contributed by atoms with van der Waals surface area (Å²) < 4.78 is 0. The van der Waals surface area contributed by atoms with Crippen LogP contribution < -0.4 is 5.32 Å². The summed E-state index contributed by atoms with van der Waals surface area (Å²) in [4.78, 5) is 24.5. The second-order valence-corrected chi connectivity index (χ2v) is 4.94. The molecule has 0 aliphatic carbocycles. The third-order valence-electron chi connectivity index (χ3n) is 2.47. The average molecular weight is 244 g/mol. The molecule has 17 heavy (non-hydrogen) atoms. The number of aliphatic carboxylic acids is 1. The second kappa shape index (κ2) is 7.14. The van der Waals surface area contributed by atoms with Crippen LogP contribution in [-0.4, -0.2) is 41.1 Å². The average Bonchev–Trinajstić information content (AvgIpc) is 2.20. The Kier molecular flexibility index (Phi) is 6.61. The molecule has 2 amide bonds. The van der Waals surface area contributed by atoms with Crippen LogP contribution in [-0.2, 0) is 4.79 Å². The first-order chi connectivity index (χ1) is 7.79. The van der Waals surface area contributed by atoms with Crippen LogP contribution in [0.2, 0.25) is 0 Å². The number of carboxylic acids is 1. The van der Waals surface area contributed by atoms with Gasteiger partial charge in [-0.25, -0.2) is 9.59 Å². The van der Waals surface area contributed by atoms with Crippen molar-refractivity contribution in [1.82, 2.24) is 10.2 Å². The molecule has 5 nitrogen and oxygen atoms in total. The third-order valence-corrected chi connectivity index (χ3v) is 2.47. The number of amides is 2. The Bertz CT molecular complexity index is 264. The van der Waals surface area contributed by atoms with Gasteiger partial charge in [0.15, 0.2) is 0 Å². The summed E-state index contributed by atoms with van der Waals surface area (Å²) in [7, 11) is 0. The molecular weight excluding hydrogens is 220 g/mol. The zero-order valence-corrected chi connectivity index (χ0v) is 11.4. The van der Waals surface area contributed by atoms with E-state index in [1.807, 2.05) is 20.8 Å². The lowest BCUT2D eigenvalue weighted by Gasteiger charge is -2.26. The number of carboxylic acid groups (broad SMARTS) is 1. The molecule has 100 valence electrons. The van der Waals surface area contributed by atoms with Crippen molar-refractivity contribution in [2.75, 3.05) is 13.1 Å². The molecule has 1 unspecified atom stereocenters. The van der Waals surface area contributed by atoms with Gasteiger partial charge in [-0.05, 0) is 18.8 Å². The Balaban J connectivity index is 4.52. The standard InChI is InChI=1S/C12H24N2O3/c1-6-14(7-8(2)3)12(17)13-10(9(4)5)11(15)16/h8-10H,6-7H2,1-5H3,(H,13,17)(H,15,16). The molecule has 0 heterocycles. The number of hydrogen-bond acceptors (Lipinski definition) is 2. The topological polar surface area (TPSA) is 69.6 Å². The molecule has 0 rings (SSSR count). The highest BCUT2D eigenvalue weighted by molar-refractivity contribution is 5.82. The van der Waals surface area contributed by atoms with E-state index in [4.69, 9.17) is 5.11 Å². The van der Waals surface area contributed by atoms with E-state index in [1.165, 1.54) is 0 Å². The zero-order chi connectivity index (χ0) is 13.6. The summed E-state index contributed by atoms with van der Waals surface area (Å²) in [6.45, 7) is 10.7. The summed E-state index contributed by atoms with van der Waals surface area (Å²) in [6, 6.07) is -1.13. The minimum absolute atomic E-state index is 0.130. The summed E-state index contributed by atoms with van der Waals surface area (Å²) in [5.74, 6) is -0.758. The Hall–Kier alpha value is -1.26. The monoisotopic (exact) mass is 244 g/mol. The minimum Gasteiger partial charge on any atom is -0.480 e. The Labute approximate surface area is 103 Å². The van der Waals surface area contributed by atoms with Crippen molar-refractivity contribution in [3.63, 3.8) is 0 Å². The summed E-state index contributed by atoms with van der Waals surface area (Å²) >= 11 is 0. The fourth-order valence-electron chi connectivity index (χ4n) is 1.53. The van der Waals surface area contributed by atoms with Crippen LogP contribution >= 0.6 is 0 Å².